The molecule has 33 heavy (non-hydrogen) atoms. The Morgan fingerprint density at radius 3 is 2.48 bits per heavy atom. The molecule has 1 aliphatic carbocycles. The van der Waals surface area contributed by atoms with Gasteiger partial charge in [-0.3, -0.25) is 9.59 Å². The highest BCUT2D eigenvalue weighted by Crippen LogP contribution is 2.57. The van der Waals surface area contributed by atoms with Crippen LogP contribution in [0.2, 0.25) is 0 Å². The monoisotopic (exact) mass is 455 g/mol. The van der Waals surface area contributed by atoms with Gasteiger partial charge in [0, 0.05) is 18.2 Å². The van der Waals surface area contributed by atoms with Crippen molar-refractivity contribution in [3.63, 3.8) is 0 Å². The lowest BCUT2D eigenvalue weighted by atomic mass is 9.67. The highest BCUT2D eigenvalue weighted by atomic mass is 16.5. The number of carbonyl (C=O) groups excluding carboxylic acids is 3. The predicted molar refractivity (Wildman–Crippen MR) is 121 cm³/mol. The molecule has 1 aromatic rings. The number of carbonyl (C=O) groups is 3. The average Bonchev–Trinajstić information content (AvgIpc) is 3.19. The van der Waals surface area contributed by atoms with Crippen LogP contribution < -0.4 is 0 Å². The van der Waals surface area contributed by atoms with Crippen molar-refractivity contribution < 1.29 is 28.6 Å². The molecule has 4 atom stereocenters. The van der Waals surface area contributed by atoms with E-state index in [0.29, 0.717) is 32.3 Å². The van der Waals surface area contributed by atoms with E-state index in [-0.39, 0.29) is 24.4 Å². The summed E-state index contributed by atoms with van der Waals surface area (Å²) in [5.41, 5.74) is -0.126. The molecule has 2 saturated heterocycles. The number of allylic oxidation sites excluding steroid dienone is 1. The largest absolute Gasteiger partial charge is 0.469 e. The third-order valence-electron chi connectivity index (χ3n) is 7.65. The first-order valence-electron chi connectivity index (χ1n) is 11.8. The summed E-state index contributed by atoms with van der Waals surface area (Å²) >= 11 is 0. The van der Waals surface area contributed by atoms with E-state index in [1.165, 1.54) is 14.2 Å². The van der Waals surface area contributed by atoms with Crippen LogP contribution in [-0.4, -0.2) is 55.2 Å². The van der Waals surface area contributed by atoms with Gasteiger partial charge in [-0.15, -0.1) is 0 Å². The third kappa shape index (κ3) is 3.71. The molecule has 0 amide bonds. The number of nitrogens with zero attached hydrogens (tertiary/aromatic N) is 1. The van der Waals surface area contributed by atoms with E-state index in [4.69, 9.17) is 14.2 Å². The molecule has 4 rings (SSSR count). The van der Waals surface area contributed by atoms with Gasteiger partial charge >= 0.3 is 17.9 Å². The number of hydrogen-bond acceptors (Lipinski definition) is 7. The van der Waals surface area contributed by atoms with Crippen molar-refractivity contribution in [2.45, 2.75) is 63.5 Å². The number of esters is 3. The van der Waals surface area contributed by atoms with Gasteiger partial charge in [-0.1, -0.05) is 36.4 Å². The molecule has 0 bridgehead atoms. The molecule has 2 aliphatic heterocycles. The molecule has 3 aliphatic rings. The van der Waals surface area contributed by atoms with Crippen LogP contribution in [0.5, 0.6) is 0 Å². The number of methoxy groups -OCH3 is 2. The minimum Gasteiger partial charge on any atom is -0.469 e. The van der Waals surface area contributed by atoms with E-state index in [9.17, 15) is 14.4 Å². The van der Waals surface area contributed by atoms with Gasteiger partial charge in [-0.05, 0) is 51.0 Å². The van der Waals surface area contributed by atoms with E-state index < -0.39 is 22.8 Å². The highest BCUT2D eigenvalue weighted by molar-refractivity contribution is 5.87. The minimum absolute atomic E-state index is 0.241. The lowest BCUT2D eigenvalue weighted by molar-refractivity contribution is -0.163. The topological polar surface area (TPSA) is 82.1 Å². The molecule has 7 heteroatoms. The summed E-state index contributed by atoms with van der Waals surface area (Å²) in [6.45, 7) is 2.11. The van der Waals surface area contributed by atoms with Crippen molar-refractivity contribution in [1.82, 2.24) is 4.90 Å². The van der Waals surface area contributed by atoms with Crippen LogP contribution in [0.3, 0.4) is 0 Å². The maximum atomic E-state index is 13.6. The second-order valence-corrected chi connectivity index (χ2v) is 9.28. The fraction of sp³-hybridized carbons (Fsp3) is 0.577. The van der Waals surface area contributed by atoms with E-state index in [2.05, 4.69) is 11.0 Å². The van der Waals surface area contributed by atoms with Gasteiger partial charge in [0.1, 0.15) is 11.0 Å². The van der Waals surface area contributed by atoms with Crippen molar-refractivity contribution in [2.75, 3.05) is 20.8 Å². The molecular weight excluding hydrogens is 422 g/mol. The van der Waals surface area contributed by atoms with Gasteiger partial charge in [-0.25, -0.2) is 4.79 Å². The van der Waals surface area contributed by atoms with Crippen LogP contribution in [0, 0.1) is 11.3 Å². The van der Waals surface area contributed by atoms with Gasteiger partial charge in [0.15, 0.2) is 0 Å². The predicted octanol–water partition coefficient (Wildman–Crippen LogP) is 3.42. The summed E-state index contributed by atoms with van der Waals surface area (Å²) in [5.74, 6) is -1.45. The molecule has 0 unspecified atom stereocenters. The third-order valence-corrected chi connectivity index (χ3v) is 7.65. The van der Waals surface area contributed by atoms with Gasteiger partial charge in [0.05, 0.1) is 26.7 Å². The number of hydrogen-bond donors (Lipinski definition) is 0. The van der Waals surface area contributed by atoms with Crippen molar-refractivity contribution >= 4 is 17.9 Å². The van der Waals surface area contributed by atoms with Crippen molar-refractivity contribution in [3.8, 4) is 0 Å². The second-order valence-electron chi connectivity index (χ2n) is 9.28. The lowest BCUT2D eigenvalue weighted by Gasteiger charge is -2.53. The summed E-state index contributed by atoms with van der Waals surface area (Å²) in [5, 5.41) is 0. The number of piperidine rings is 1. The Morgan fingerprint density at radius 2 is 1.82 bits per heavy atom. The van der Waals surface area contributed by atoms with Crippen LogP contribution in [0.4, 0.5) is 0 Å². The maximum absolute atomic E-state index is 13.6. The first-order chi connectivity index (χ1) is 15.9. The Kier molecular flexibility index (Phi) is 6.50. The Morgan fingerprint density at radius 1 is 1.06 bits per heavy atom. The molecular formula is C26H33NO6. The minimum atomic E-state index is -1.11. The Labute approximate surface area is 195 Å². The molecule has 0 radical (unpaired) electrons. The van der Waals surface area contributed by atoms with Gasteiger partial charge in [0.25, 0.3) is 0 Å². The smallest absolute Gasteiger partial charge is 0.332 e. The number of fused-ring (bicyclic) bond motifs is 3. The zero-order valence-corrected chi connectivity index (χ0v) is 19.7. The Balaban J connectivity index is 1.88. The van der Waals surface area contributed by atoms with E-state index in [1.807, 2.05) is 37.3 Å². The zero-order valence-electron chi connectivity index (χ0n) is 19.7. The normalized spacial score (nSPS) is 30.5. The molecule has 0 N–H and O–H groups in total. The van der Waals surface area contributed by atoms with E-state index in [0.717, 1.165) is 24.1 Å². The highest BCUT2D eigenvalue weighted by Gasteiger charge is 2.65. The SMILES string of the molecule is CCOC(=O)[C@]12CCCC=C1N1[C@@H](CC2)[C@@H](C(=O)OC)C[C@@]1(Cc1ccccc1)C(=O)OC. The zero-order chi connectivity index (χ0) is 23.6. The average molecular weight is 456 g/mol. The summed E-state index contributed by atoms with van der Waals surface area (Å²) < 4.78 is 16.1. The first-order valence-corrected chi connectivity index (χ1v) is 11.8. The van der Waals surface area contributed by atoms with Crippen LogP contribution in [0.1, 0.15) is 51.0 Å². The van der Waals surface area contributed by atoms with Gasteiger partial charge < -0.3 is 19.1 Å². The van der Waals surface area contributed by atoms with Crippen LogP contribution in [-0.2, 0) is 35.0 Å². The van der Waals surface area contributed by atoms with Crippen LogP contribution >= 0.6 is 0 Å². The Hall–Kier alpha value is -2.83. The summed E-state index contributed by atoms with van der Waals surface area (Å²) in [6.07, 6.45) is 6.29. The molecule has 0 aromatic heterocycles. The lowest BCUT2D eigenvalue weighted by Crippen LogP contribution is -2.60. The fourth-order valence-electron chi connectivity index (χ4n) is 6.28. The summed E-state index contributed by atoms with van der Waals surface area (Å²) in [6, 6.07) is 9.50. The maximum Gasteiger partial charge on any atom is 0.332 e. The number of rotatable bonds is 6. The molecule has 7 nitrogen and oxygen atoms in total. The standard InChI is InChI=1S/C26H33NO6/c1-4-33-23(29)25-14-9-8-12-21(25)27-20(13-15-25)19(22(28)31-2)17-26(27,24(30)32-3)16-18-10-6-5-7-11-18/h5-7,10-12,19-20H,4,8-9,13-17H2,1-3H3/t19-,20-,25-,26-/m0/s1. The van der Waals surface area contributed by atoms with Crippen LogP contribution in [0.15, 0.2) is 42.1 Å². The molecule has 0 saturated carbocycles. The van der Waals surface area contributed by atoms with Crippen molar-refractivity contribution in [3.05, 3.63) is 47.7 Å². The summed E-state index contributed by atoms with van der Waals surface area (Å²) in [4.78, 5) is 41.8. The van der Waals surface area contributed by atoms with Gasteiger partial charge in [-0.2, -0.15) is 0 Å². The number of ether oxygens (including phenoxy) is 3. The quantitative estimate of drug-likeness (QED) is 0.480. The second kappa shape index (κ2) is 9.20. The molecule has 0 spiro atoms. The summed E-state index contributed by atoms with van der Waals surface area (Å²) in [7, 11) is 2.76. The first kappa shape index (κ1) is 23.3. The van der Waals surface area contributed by atoms with E-state index >= 15 is 0 Å². The van der Waals surface area contributed by atoms with Crippen molar-refractivity contribution in [2.24, 2.45) is 11.3 Å². The van der Waals surface area contributed by atoms with E-state index in [1.54, 1.807) is 0 Å². The van der Waals surface area contributed by atoms with Crippen LogP contribution in [0.25, 0.3) is 0 Å². The molecule has 2 fully saturated rings. The number of benzene rings is 1. The van der Waals surface area contributed by atoms with Crippen molar-refractivity contribution in [1.29, 1.82) is 0 Å². The fourth-order valence-corrected chi connectivity index (χ4v) is 6.28. The Bertz CT molecular complexity index is 943. The molecule has 1 aromatic carbocycles. The van der Waals surface area contributed by atoms with Gasteiger partial charge in [0.2, 0.25) is 0 Å². The molecule has 2 heterocycles. The molecule has 178 valence electrons.